The topological polar surface area (TPSA) is 30.7 Å². The van der Waals surface area contributed by atoms with E-state index in [-0.39, 0.29) is 0 Å². The highest BCUT2D eigenvalue weighted by Gasteiger charge is 2.11. The molecule has 118 valence electrons. The van der Waals surface area contributed by atoms with Crippen LogP contribution < -0.4 is 0 Å². The molecule has 0 amide bonds. The van der Waals surface area contributed by atoms with E-state index in [2.05, 4.69) is 87.3 Å². The van der Waals surface area contributed by atoms with Crippen LogP contribution >= 0.6 is 0 Å². The number of aromatic nitrogens is 3. The van der Waals surface area contributed by atoms with Gasteiger partial charge in [0.15, 0.2) is 0 Å². The van der Waals surface area contributed by atoms with Gasteiger partial charge in [0, 0.05) is 34.4 Å². The second-order valence-electron chi connectivity index (χ2n) is 6.01. The predicted molar refractivity (Wildman–Crippen MR) is 102 cm³/mol. The van der Waals surface area contributed by atoms with Crippen molar-refractivity contribution in [2.75, 3.05) is 0 Å². The van der Waals surface area contributed by atoms with Crippen molar-refractivity contribution in [2.45, 2.75) is 0 Å². The zero-order chi connectivity index (χ0) is 16.6. The molecule has 3 nitrogen and oxygen atoms in total. The molecule has 0 aliphatic heterocycles. The van der Waals surface area contributed by atoms with Gasteiger partial charge in [-0.3, -0.25) is 9.97 Å². The number of hydrogen-bond acceptors (Lipinski definition) is 2. The molecule has 2 heterocycles. The van der Waals surface area contributed by atoms with Gasteiger partial charge in [-0.1, -0.05) is 48.5 Å². The number of rotatable bonds is 2. The first-order chi connectivity index (χ1) is 12.4. The van der Waals surface area contributed by atoms with Gasteiger partial charge < -0.3 is 4.57 Å². The third-order valence-corrected chi connectivity index (χ3v) is 4.56. The Hall–Kier alpha value is -3.46. The van der Waals surface area contributed by atoms with Crippen molar-refractivity contribution in [1.29, 1.82) is 0 Å². The summed E-state index contributed by atoms with van der Waals surface area (Å²) in [6.07, 6.45) is 5.20. The smallest absolute Gasteiger partial charge is 0.0885 e. The van der Waals surface area contributed by atoms with Crippen molar-refractivity contribution < 1.29 is 0 Å². The fourth-order valence-corrected chi connectivity index (χ4v) is 3.43. The molecule has 0 saturated carbocycles. The van der Waals surface area contributed by atoms with E-state index < -0.39 is 0 Å². The molecule has 5 aromatic rings. The fourth-order valence-electron chi connectivity index (χ4n) is 3.43. The Labute approximate surface area is 145 Å². The quantitative estimate of drug-likeness (QED) is 0.445. The van der Waals surface area contributed by atoms with Gasteiger partial charge in [-0.15, -0.1) is 0 Å². The monoisotopic (exact) mass is 321 g/mol. The van der Waals surface area contributed by atoms with Gasteiger partial charge in [-0.2, -0.15) is 0 Å². The van der Waals surface area contributed by atoms with Gasteiger partial charge in [0.2, 0.25) is 0 Å². The summed E-state index contributed by atoms with van der Waals surface area (Å²) in [5.74, 6) is 0. The average Bonchev–Trinajstić information content (AvgIpc) is 3.03. The minimum atomic E-state index is 0.885. The number of nitrogens with zero attached hydrogens (tertiary/aromatic N) is 3. The summed E-state index contributed by atoms with van der Waals surface area (Å²) in [7, 11) is 0. The zero-order valence-corrected chi connectivity index (χ0v) is 13.5. The van der Waals surface area contributed by atoms with Gasteiger partial charge in [-0.05, 0) is 24.3 Å². The lowest BCUT2D eigenvalue weighted by atomic mass is 10.1. The van der Waals surface area contributed by atoms with E-state index in [9.17, 15) is 0 Å². The lowest BCUT2D eigenvalue weighted by molar-refractivity contribution is 1.17. The van der Waals surface area contributed by atoms with Crippen LogP contribution in [0, 0.1) is 0 Å². The first kappa shape index (κ1) is 13.9. The second-order valence-corrected chi connectivity index (χ2v) is 6.01. The zero-order valence-electron chi connectivity index (χ0n) is 13.5. The van der Waals surface area contributed by atoms with Crippen LogP contribution in [0.1, 0.15) is 0 Å². The predicted octanol–water partition coefficient (Wildman–Crippen LogP) is 5.24. The van der Waals surface area contributed by atoms with Crippen LogP contribution in [0.5, 0.6) is 0 Å². The van der Waals surface area contributed by atoms with Crippen LogP contribution in [-0.2, 0) is 0 Å². The van der Waals surface area contributed by atoms with Crippen LogP contribution in [0.25, 0.3) is 38.8 Å². The van der Waals surface area contributed by atoms with E-state index in [4.69, 9.17) is 0 Å². The Balaban J connectivity index is 1.73. The average molecular weight is 321 g/mol. The van der Waals surface area contributed by atoms with E-state index >= 15 is 0 Å². The molecule has 2 aromatic heterocycles. The molecule has 0 aliphatic carbocycles. The molecular formula is C22H15N3. The molecule has 25 heavy (non-hydrogen) atoms. The normalized spacial score (nSPS) is 11.2. The number of benzene rings is 3. The van der Waals surface area contributed by atoms with Gasteiger partial charge >= 0.3 is 0 Å². The highest BCUT2D eigenvalue weighted by Crippen LogP contribution is 2.32. The lowest BCUT2D eigenvalue weighted by Crippen LogP contribution is -1.93. The molecule has 0 spiro atoms. The Morgan fingerprint density at radius 3 is 1.88 bits per heavy atom. The maximum atomic E-state index is 4.37. The van der Waals surface area contributed by atoms with Crippen molar-refractivity contribution in [3.05, 3.63) is 91.4 Å². The number of para-hydroxylation sites is 2. The van der Waals surface area contributed by atoms with Crippen LogP contribution in [-0.4, -0.2) is 14.5 Å². The molecule has 0 N–H and O–H groups in total. The van der Waals surface area contributed by atoms with Gasteiger partial charge in [-0.25, -0.2) is 0 Å². The first-order valence-electron chi connectivity index (χ1n) is 8.27. The van der Waals surface area contributed by atoms with E-state index in [1.165, 1.54) is 21.8 Å². The Kier molecular flexibility index (Phi) is 3.10. The summed E-state index contributed by atoms with van der Waals surface area (Å²) in [5, 5.41) is 2.55. The fraction of sp³-hybridized carbons (Fsp3) is 0. The van der Waals surface area contributed by atoms with Crippen molar-refractivity contribution in [1.82, 2.24) is 14.5 Å². The van der Waals surface area contributed by atoms with E-state index in [1.54, 1.807) is 18.6 Å². The van der Waals surface area contributed by atoms with Crippen LogP contribution in [0.15, 0.2) is 91.4 Å². The van der Waals surface area contributed by atoms with E-state index in [0.29, 0.717) is 0 Å². The molecule has 5 rings (SSSR count). The summed E-state index contributed by atoms with van der Waals surface area (Å²) in [6, 6.07) is 25.6. The minimum Gasteiger partial charge on any atom is -0.309 e. The molecular weight excluding hydrogens is 306 g/mol. The Morgan fingerprint density at radius 1 is 0.640 bits per heavy atom. The van der Waals surface area contributed by atoms with E-state index in [1.807, 2.05) is 0 Å². The van der Waals surface area contributed by atoms with Gasteiger partial charge in [0.05, 0.1) is 22.9 Å². The largest absolute Gasteiger partial charge is 0.309 e. The minimum absolute atomic E-state index is 0.885. The lowest BCUT2D eigenvalue weighted by Gasteiger charge is -2.08. The van der Waals surface area contributed by atoms with Crippen molar-refractivity contribution in [2.24, 2.45) is 0 Å². The summed E-state index contributed by atoms with van der Waals surface area (Å²) < 4.78 is 2.31. The summed E-state index contributed by atoms with van der Waals surface area (Å²) in [6.45, 7) is 0. The molecule has 0 aliphatic rings. The summed E-state index contributed by atoms with van der Waals surface area (Å²) in [4.78, 5) is 8.52. The maximum absolute atomic E-state index is 4.37. The number of fused-ring (bicyclic) bond motifs is 3. The Morgan fingerprint density at radius 2 is 1.28 bits per heavy atom. The highest BCUT2D eigenvalue weighted by atomic mass is 15.0. The number of hydrogen-bond donors (Lipinski definition) is 0. The van der Waals surface area contributed by atoms with Crippen LogP contribution in [0.4, 0.5) is 0 Å². The first-order valence-corrected chi connectivity index (χ1v) is 8.27. The molecule has 3 heteroatoms. The van der Waals surface area contributed by atoms with Crippen molar-refractivity contribution in [3.8, 4) is 16.9 Å². The SMILES string of the molecule is c1ccc2c(c1)c1ccccc1n2-c1ccc(-c2cnccn2)cc1. The summed E-state index contributed by atoms with van der Waals surface area (Å²) >= 11 is 0. The van der Waals surface area contributed by atoms with Crippen LogP contribution in [0.2, 0.25) is 0 Å². The highest BCUT2D eigenvalue weighted by molar-refractivity contribution is 6.09. The molecule has 0 atom stereocenters. The maximum Gasteiger partial charge on any atom is 0.0885 e. The standard InChI is InChI=1S/C22H15N3/c1-3-7-21-18(5-1)19-6-2-4-8-22(19)25(21)17-11-9-16(10-12-17)20-15-23-13-14-24-20/h1-15H. The third kappa shape index (κ3) is 2.21. The Bertz CT molecular complexity index is 1120. The molecule has 0 fully saturated rings. The molecule has 3 aromatic carbocycles. The third-order valence-electron chi connectivity index (χ3n) is 4.56. The van der Waals surface area contributed by atoms with Gasteiger partial charge in [0.25, 0.3) is 0 Å². The molecule has 0 unspecified atom stereocenters. The van der Waals surface area contributed by atoms with Crippen molar-refractivity contribution in [3.63, 3.8) is 0 Å². The van der Waals surface area contributed by atoms with Crippen LogP contribution in [0.3, 0.4) is 0 Å². The summed E-state index contributed by atoms with van der Waals surface area (Å²) in [5.41, 5.74) is 5.53. The second kappa shape index (κ2) is 5.56. The molecule has 0 radical (unpaired) electrons. The molecule has 0 bridgehead atoms. The van der Waals surface area contributed by atoms with E-state index in [0.717, 1.165) is 16.9 Å². The van der Waals surface area contributed by atoms with Gasteiger partial charge in [0.1, 0.15) is 0 Å². The molecule has 0 saturated heterocycles. The van der Waals surface area contributed by atoms with Crippen molar-refractivity contribution >= 4 is 21.8 Å².